The summed E-state index contributed by atoms with van der Waals surface area (Å²) >= 11 is 1.86. The molecule has 3 heteroatoms. The molecule has 0 saturated heterocycles. The molecule has 1 aromatic rings. The molecule has 2 nitrogen and oxygen atoms in total. The second-order valence-corrected chi connectivity index (χ2v) is 8.84. The molecule has 0 radical (unpaired) electrons. The molecule has 1 aromatic carbocycles. The van der Waals surface area contributed by atoms with Crippen molar-refractivity contribution in [1.29, 1.82) is 0 Å². The van der Waals surface area contributed by atoms with Gasteiger partial charge in [-0.3, -0.25) is 4.79 Å². The van der Waals surface area contributed by atoms with Crippen LogP contribution in [0.2, 0.25) is 0 Å². The predicted molar refractivity (Wildman–Crippen MR) is 118 cm³/mol. The van der Waals surface area contributed by atoms with E-state index in [1.807, 2.05) is 11.8 Å². The summed E-state index contributed by atoms with van der Waals surface area (Å²) in [6.45, 7) is 10.8. The quantitative estimate of drug-likeness (QED) is 0.368. The van der Waals surface area contributed by atoms with E-state index >= 15 is 0 Å². The third kappa shape index (κ3) is 8.62. The fraction of sp³-hybridized carbons (Fsp3) is 0.696. The van der Waals surface area contributed by atoms with E-state index in [-0.39, 0.29) is 11.2 Å². The number of carbonyl (C=O) groups excluding carboxylic acids is 1. The van der Waals surface area contributed by atoms with Gasteiger partial charge in [-0.1, -0.05) is 76.5 Å². The normalized spacial score (nSPS) is 12.2. The van der Waals surface area contributed by atoms with Crippen LogP contribution in [-0.4, -0.2) is 16.9 Å². The van der Waals surface area contributed by atoms with Gasteiger partial charge in [0.25, 0.3) is 0 Å². The van der Waals surface area contributed by atoms with E-state index in [0.717, 1.165) is 35.4 Å². The molecule has 0 aliphatic heterocycles. The van der Waals surface area contributed by atoms with Gasteiger partial charge in [-0.05, 0) is 50.5 Å². The van der Waals surface area contributed by atoms with E-state index < -0.39 is 0 Å². The topological polar surface area (TPSA) is 29.1 Å². The Balaban J connectivity index is 2.66. The number of thioether (sulfide) groups is 1. The monoisotopic (exact) mass is 377 g/mol. The van der Waals surface area contributed by atoms with Crippen molar-refractivity contribution in [2.24, 2.45) is 0 Å². The minimum absolute atomic E-state index is 0.0774. The second kappa shape index (κ2) is 13.2. The maximum Gasteiger partial charge on any atom is 0.237 e. The minimum atomic E-state index is 0.0774. The molecular formula is C23H39NOS. The fourth-order valence-corrected chi connectivity index (χ4v) is 4.58. The van der Waals surface area contributed by atoms with Crippen LogP contribution in [0.15, 0.2) is 12.1 Å². The lowest BCUT2D eigenvalue weighted by atomic mass is 10.0. The smallest absolute Gasteiger partial charge is 0.237 e. The standard InChI is InChI=1S/C23H39NOS/c1-6-8-10-12-14-21(26-15-13-11-9-7-2)23(25)24-22-19(4)16-18(3)17-20(22)5/h16-17,21H,6-15H2,1-5H3,(H,24,25). The molecule has 26 heavy (non-hydrogen) atoms. The zero-order valence-electron chi connectivity index (χ0n) is 17.6. The SMILES string of the molecule is CCCCCCSC(CCCCCC)C(=O)Nc1c(C)cc(C)cc1C. The number of carbonyl (C=O) groups is 1. The first kappa shape index (κ1) is 23.1. The lowest BCUT2D eigenvalue weighted by molar-refractivity contribution is -0.115. The molecular weight excluding hydrogens is 338 g/mol. The van der Waals surface area contributed by atoms with Crippen molar-refractivity contribution in [3.05, 3.63) is 28.8 Å². The average molecular weight is 378 g/mol. The Bertz CT molecular complexity index is 518. The molecule has 0 aliphatic rings. The highest BCUT2D eigenvalue weighted by atomic mass is 32.2. The number of amides is 1. The van der Waals surface area contributed by atoms with Crippen LogP contribution in [0.25, 0.3) is 0 Å². The number of benzene rings is 1. The number of anilines is 1. The van der Waals surface area contributed by atoms with Crippen LogP contribution in [0, 0.1) is 20.8 Å². The highest BCUT2D eigenvalue weighted by molar-refractivity contribution is 8.00. The van der Waals surface area contributed by atoms with Crippen molar-refractivity contribution in [3.63, 3.8) is 0 Å². The van der Waals surface area contributed by atoms with Gasteiger partial charge in [-0.25, -0.2) is 0 Å². The Morgan fingerprint density at radius 1 is 0.923 bits per heavy atom. The zero-order valence-corrected chi connectivity index (χ0v) is 18.4. The van der Waals surface area contributed by atoms with Crippen LogP contribution < -0.4 is 5.32 Å². The van der Waals surface area contributed by atoms with Crippen LogP contribution >= 0.6 is 11.8 Å². The van der Waals surface area contributed by atoms with Crippen LogP contribution in [0.1, 0.15) is 88.3 Å². The highest BCUT2D eigenvalue weighted by Crippen LogP contribution is 2.26. The van der Waals surface area contributed by atoms with Crippen molar-refractivity contribution < 1.29 is 4.79 Å². The Hall–Kier alpha value is -0.960. The van der Waals surface area contributed by atoms with Gasteiger partial charge in [0.1, 0.15) is 0 Å². The molecule has 1 amide bonds. The van der Waals surface area contributed by atoms with Gasteiger partial charge in [0.15, 0.2) is 0 Å². The molecule has 1 N–H and O–H groups in total. The van der Waals surface area contributed by atoms with Gasteiger partial charge in [-0.15, -0.1) is 11.8 Å². The number of hydrogen-bond donors (Lipinski definition) is 1. The summed E-state index contributed by atoms with van der Waals surface area (Å²) in [5, 5.41) is 3.32. The van der Waals surface area contributed by atoms with Gasteiger partial charge in [0.05, 0.1) is 5.25 Å². The summed E-state index contributed by atoms with van der Waals surface area (Å²) in [6.07, 6.45) is 11.0. The first-order valence-corrected chi connectivity index (χ1v) is 11.5. The van der Waals surface area contributed by atoms with E-state index in [1.165, 1.54) is 50.5 Å². The first-order chi connectivity index (χ1) is 12.5. The lowest BCUT2D eigenvalue weighted by Crippen LogP contribution is -2.26. The molecule has 0 spiro atoms. The van der Waals surface area contributed by atoms with E-state index in [1.54, 1.807) is 0 Å². The van der Waals surface area contributed by atoms with Crippen molar-refractivity contribution in [1.82, 2.24) is 0 Å². The molecule has 1 rings (SSSR count). The Kier molecular flexibility index (Phi) is 11.8. The Morgan fingerprint density at radius 2 is 1.50 bits per heavy atom. The fourth-order valence-electron chi connectivity index (χ4n) is 3.38. The predicted octanol–water partition coefficient (Wildman–Crippen LogP) is 7.20. The number of unbranched alkanes of at least 4 members (excludes halogenated alkanes) is 6. The van der Waals surface area contributed by atoms with Crippen molar-refractivity contribution in [2.75, 3.05) is 11.1 Å². The van der Waals surface area contributed by atoms with E-state index in [2.05, 4.69) is 52.1 Å². The third-order valence-corrected chi connectivity index (χ3v) is 6.23. The molecule has 1 unspecified atom stereocenters. The molecule has 0 heterocycles. The molecule has 0 fully saturated rings. The maximum atomic E-state index is 13.0. The van der Waals surface area contributed by atoms with Gasteiger partial charge >= 0.3 is 0 Å². The highest BCUT2D eigenvalue weighted by Gasteiger charge is 2.20. The van der Waals surface area contributed by atoms with Gasteiger partial charge in [0, 0.05) is 5.69 Å². The number of aryl methyl sites for hydroxylation is 3. The Labute approximate surface area is 165 Å². The molecule has 148 valence electrons. The summed E-state index contributed by atoms with van der Waals surface area (Å²) in [4.78, 5) is 13.0. The van der Waals surface area contributed by atoms with Crippen molar-refractivity contribution in [2.45, 2.75) is 97.7 Å². The van der Waals surface area contributed by atoms with E-state index in [4.69, 9.17) is 0 Å². The third-order valence-electron chi connectivity index (χ3n) is 4.85. The van der Waals surface area contributed by atoms with Crippen molar-refractivity contribution in [3.8, 4) is 0 Å². The lowest BCUT2D eigenvalue weighted by Gasteiger charge is -2.19. The first-order valence-electron chi connectivity index (χ1n) is 10.5. The minimum Gasteiger partial charge on any atom is -0.325 e. The van der Waals surface area contributed by atoms with Crippen LogP contribution in [0.5, 0.6) is 0 Å². The van der Waals surface area contributed by atoms with Crippen molar-refractivity contribution >= 4 is 23.4 Å². The van der Waals surface area contributed by atoms with Gasteiger partial charge < -0.3 is 5.32 Å². The summed E-state index contributed by atoms with van der Waals surface area (Å²) in [5.41, 5.74) is 4.58. The maximum absolute atomic E-state index is 13.0. The van der Waals surface area contributed by atoms with Gasteiger partial charge in [0.2, 0.25) is 5.91 Å². The molecule has 1 atom stereocenters. The van der Waals surface area contributed by atoms with E-state index in [0.29, 0.717) is 0 Å². The van der Waals surface area contributed by atoms with Crippen LogP contribution in [-0.2, 0) is 4.79 Å². The summed E-state index contributed by atoms with van der Waals surface area (Å²) < 4.78 is 0. The second-order valence-electron chi connectivity index (χ2n) is 7.53. The largest absolute Gasteiger partial charge is 0.325 e. The van der Waals surface area contributed by atoms with Gasteiger partial charge in [-0.2, -0.15) is 0 Å². The summed E-state index contributed by atoms with van der Waals surface area (Å²) in [5.74, 6) is 1.29. The zero-order chi connectivity index (χ0) is 19.4. The number of nitrogens with one attached hydrogen (secondary N) is 1. The van der Waals surface area contributed by atoms with Crippen LogP contribution in [0.4, 0.5) is 5.69 Å². The molecule has 0 aromatic heterocycles. The molecule has 0 bridgehead atoms. The Morgan fingerprint density at radius 3 is 2.08 bits per heavy atom. The van der Waals surface area contributed by atoms with Crippen LogP contribution in [0.3, 0.4) is 0 Å². The molecule has 0 aliphatic carbocycles. The summed E-state index contributed by atoms with van der Waals surface area (Å²) in [6, 6.07) is 4.30. The molecule has 0 saturated carbocycles. The van der Waals surface area contributed by atoms with E-state index in [9.17, 15) is 4.79 Å². The number of hydrogen-bond acceptors (Lipinski definition) is 2. The number of rotatable bonds is 13. The average Bonchev–Trinajstić information content (AvgIpc) is 2.59. The summed E-state index contributed by atoms with van der Waals surface area (Å²) in [7, 11) is 0.